The van der Waals surface area contributed by atoms with Crippen LogP contribution in [0.25, 0.3) is 28.7 Å². The first-order valence-electron chi connectivity index (χ1n) is 17.5. The first-order valence-corrected chi connectivity index (χ1v) is 20.5. The van der Waals surface area contributed by atoms with Gasteiger partial charge in [-0.3, -0.25) is 4.79 Å². The van der Waals surface area contributed by atoms with Gasteiger partial charge in [-0.2, -0.15) is 0 Å². The van der Waals surface area contributed by atoms with Crippen LogP contribution in [0, 0.1) is 6.92 Å². The maximum Gasteiger partial charge on any atom is 1.00 e. The molecule has 1 atom stereocenters. The van der Waals surface area contributed by atoms with Crippen molar-refractivity contribution in [1.29, 1.82) is 0 Å². The topological polar surface area (TPSA) is 190 Å². The molecule has 0 spiro atoms. The summed E-state index contributed by atoms with van der Waals surface area (Å²) in [6.07, 6.45) is 2.19. The Morgan fingerprint density at radius 1 is 0.964 bits per heavy atom. The number of rotatable bonds is 17. The number of carboxylic acid groups (broad SMARTS) is 1. The summed E-state index contributed by atoms with van der Waals surface area (Å²) in [5.41, 5.74) is 3.67. The molecule has 1 aliphatic carbocycles. The van der Waals surface area contributed by atoms with Crippen molar-refractivity contribution < 1.29 is 79.3 Å². The summed E-state index contributed by atoms with van der Waals surface area (Å²) >= 11 is 0. The molecule has 0 bridgehead atoms. The summed E-state index contributed by atoms with van der Waals surface area (Å²) < 4.78 is 91.3. The average molecular weight is 805 g/mol. The third kappa shape index (κ3) is 10.5. The number of hydrogen-bond acceptors (Lipinski definition) is 11. The van der Waals surface area contributed by atoms with Crippen LogP contribution in [0.1, 0.15) is 49.3 Å². The van der Waals surface area contributed by atoms with Gasteiger partial charge < -0.3 is 33.0 Å². The van der Waals surface area contributed by atoms with Gasteiger partial charge in [0.05, 0.1) is 21.1 Å². The minimum absolute atomic E-state index is 0. The van der Waals surface area contributed by atoms with E-state index >= 15 is 0 Å². The minimum Gasteiger partial charge on any atom is -0.748 e. The normalized spacial score (nSPS) is 16.3. The van der Waals surface area contributed by atoms with Crippen molar-refractivity contribution in [2.45, 2.75) is 49.8 Å². The van der Waals surface area contributed by atoms with Crippen molar-refractivity contribution in [3.63, 3.8) is 0 Å². The van der Waals surface area contributed by atoms with Gasteiger partial charge in [0.25, 0.3) is 0 Å². The second kappa shape index (κ2) is 18.7. The number of carboxylic acids is 1. The van der Waals surface area contributed by atoms with Crippen molar-refractivity contribution >= 4 is 38.0 Å². The molecule has 0 amide bonds. The SMILES string of the molecule is COCC[N+](CCOC)=c1ccc2c(/C=C3\N(CCCS(=O)(=O)[O-])c4ccc(S(=O)(=O)[O-])cc4C3(C)CCCC(=O)O)c(C)c(-c3ccccc3)oc-2c1.[Na+]. The second-order valence-electron chi connectivity index (χ2n) is 13.5. The molecule has 5 rings (SSSR count). The Balaban J connectivity index is 0.00000673. The van der Waals surface area contributed by atoms with Crippen LogP contribution < -0.4 is 44.4 Å². The molecule has 3 aliphatic rings. The third-order valence-electron chi connectivity index (χ3n) is 9.87. The Morgan fingerprint density at radius 2 is 1.64 bits per heavy atom. The van der Waals surface area contributed by atoms with Gasteiger partial charge in [-0.15, -0.1) is 0 Å². The van der Waals surface area contributed by atoms with Crippen LogP contribution >= 0.6 is 0 Å². The Labute approximate surface area is 344 Å². The second-order valence-corrected chi connectivity index (χ2v) is 16.4. The molecule has 2 aromatic carbocycles. The Morgan fingerprint density at radius 3 is 2.24 bits per heavy atom. The number of fused-ring (bicyclic) bond motifs is 2. The fraction of sp³-hybridized carbons (Fsp3) is 0.385. The van der Waals surface area contributed by atoms with E-state index in [1.807, 2.05) is 73.4 Å². The molecule has 0 radical (unpaired) electrons. The molecular weight excluding hydrogens is 760 g/mol. The van der Waals surface area contributed by atoms with Gasteiger partial charge in [-0.25, -0.2) is 21.4 Å². The molecule has 16 heteroatoms. The van der Waals surface area contributed by atoms with E-state index in [2.05, 4.69) is 4.58 Å². The zero-order valence-corrected chi connectivity index (χ0v) is 35.4. The number of ether oxygens (including phenoxy) is 2. The molecule has 2 heterocycles. The van der Waals surface area contributed by atoms with Gasteiger partial charge in [0.1, 0.15) is 34.9 Å². The summed E-state index contributed by atoms with van der Waals surface area (Å²) in [6.45, 7) is 6.02. The summed E-state index contributed by atoms with van der Waals surface area (Å²) in [5, 5.41) is 10.4. The number of nitrogens with zero attached hydrogens (tertiary/aromatic N) is 2. The van der Waals surface area contributed by atoms with Crippen LogP contribution in [-0.4, -0.2) is 89.8 Å². The summed E-state index contributed by atoms with van der Waals surface area (Å²) in [5.74, 6) is -0.477. The molecule has 0 saturated heterocycles. The molecule has 1 N–H and O–H groups in total. The summed E-state index contributed by atoms with van der Waals surface area (Å²) in [6, 6.07) is 19.5. The van der Waals surface area contributed by atoms with Crippen LogP contribution in [0.4, 0.5) is 5.69 Å². The number of hydrogen-bond donors (Lipinski definition) is 1. The fourth-order valence-corrected chi connectivity index (χ4v) is 8.11. The van der Waals surface area contributed by atoms with E-state index in [0.717, 1.165) is 27.6 Å². The standard InChI is InChI=1S/C39H46N2O11S2.Na/c1-27-32(31-15-13-29(40(19-21-50-3)20-22-51-4)24-35(31)52-38(27)28-10-6-5-7-11-28)26-36-39(2,17-8-12-37(42)43)33-25-30(54(47,48)49)14-16-34(33)41(36)18-9-23-53(44,45)46;/h5-7,10-11,13-16,24-26H,8-9,12,17-23H2,1-4H3,(H2-,42,43,44,45,46,47,48,49);/q;+1/p-1. The summed E-state index contributed by atoms with van der Waals surface area (Å²) in [4.78, 5) is 13.1. The Hall–Kier alpha value is -3.38. The van der Waals surface area contributed by atoms with Gasteiger partial charge in [0, 0.05) is 72.5 Å². The molecule has 13 nitrogen and oxygen atoms in total. The fourth-order valence-electron chi connectivity index (χ4n) is 7.13. The number of methoxy groups -OCH3 is 2. The number of allylic oxidation sites excluding steroid dienone is 1. The number of carbonyl (C=O) groups is 1. The van der Waals surface area contributed by atoms with Gasteiger partial charge in [-0.05, 0) is 74.6 Å². The molecular formula is C39H45N2NaO11S2. The van der Waals surface area contributed by atoms with E-state index < -0.39 is 42.3 Å². The van der Waals surface area contributed by atoms with E-state index in [1.165, 1.54) is 18.2 Å². The van der Waals surface area contributed by atoms with Crippen molar-refractivity contribution in [2.75, 3.05) is 57.7 Å². The van der Waals surface area contributed by atoms with E-state index in [4.69, 9.17) is 13.9 Å². The van der Waals surface area contributed by atoms with Crippen LogP contribution in [0.5, 0.6) is 0 Å². The summed E-state index contributed by atoms with van der Waals surface area (Å²) in [7, 11) is -6.15. The zero-order chi connectivity index (χ0) is 39.3. The molecule has 0 aromatic heterocycles. The number of aliphatic carboxylic acids is 1. The largest absolute Gasteiger partial charge is 1.00 e. The van der Waals surface area contributed by atoms with Crippen LogP contribution in [0.2, 0.25) is 0 Å². The van der Waals surface area contributed by atoms with Gasteiger partial charge in [0.15, 0.2) is 13.1 Å². The number of benzene rings is 3. The molecule has 0 fully saturated rings. The molecule has 2 aromatic rings. The van der Waals surface area contributed by atoms with Crippen molar-refractivity contribution in [2.24, 2.45) is 0 Å². The molecule has 2 aliphatic heterocycles. The van der Waals surface area contributed by atoms with Gasteiger partial charge >= 0.3 is 35.5 Å². The van der Waals surface area contributed by atoms with Crippen LogP contribution in [0.15, 0.2) is 81.7 Å². The van der Waals surface area contributed by atoms with Crippen molar-refractivity contribution in [3.05, 3.63) is 94.5 Å². The van der Waals surface area contributed by atoms with Crippen LogP contribution in [0.3, 0.4) is 0 Å². The van der Waals surface area contributed by atoms with E-state index in [0.29, 0.717) is 54.8 Å². The Bertz CT molecular complexity index is 2280. The quantitative estimate of drug-likeness (QED) is 0.0925. The Kier molecular flexibility index (Phi) is 15.1. The predicted octanol–water partition coefficient (Wildman–Crippen LogP) is 1.64. The molecule has 290 valence electrons. The zero-order valence-electron chi connectivity index (χ0n) is 31.7. The van der Waals surface area contributed by atoms with E-state index in [-0.39, 0.29) is 61.8 Å². The van der Waals surface area contributed by atoms with Crippen molar-refractivity contribution in [1.82, 2.24) is 4.58 Å². The average Bonchev–Trinajstić information content (AvgIpc) is 3.34. The number of anilines is 1. The first-order chi connectivity index (χ1) is 25.6. The van der Waals surface area contributed by atoms with Gasteiger partial charge in [0.2, 0.25) is 5.36 Å². The predicted molar refractivity (Wildman–Crippen MR) is 202 cm³/mol. The smallest absolute Gasteiger partial charge is 0.748 e. The maximum absolute atomic E-state index is 12.2. The first kappa shape index (κ1) is 44.3. The monoisotopic (exact) mass is 804 g/mol. The molecule has 55 heavy (non-hydrogen) atoms. The molecule has 1 unspecified atom stereocenters. The minimum atomic E-state index is -4.87. The van der Waals surface area contributed by atoms with E-state index in [9.17, 15) is 35.8 Å². The van der Waals surface area contributed by atoms with Crippen molar-refractivity contribution in [3.8, 4) is 22.6 Å². The van der Waals surface area contributed by atoms with Crippen LogP contribution in [-0.2, 0) is 39.9 Å². The maximum atomic E-state index is 12.2. The van der Waals surface area contributed by atoms with E-state index in [1.54, 1.807) is 14.2 Å². The molecule has 0 saturated carbocycles. The third-order valence-corrected chi connectivity index (χ3v) is 11.5. The van der Waals surface area contributed by atoms with Gasteiger partial charge in [-0.1, -0.05) is 30.3 Å².